The maximum Gasteiger partial charge on any atom is 0.320 e. The van der Waals surface area contributed by atoms with Crippen molar-refractivity contribution in [3.8, 4) is 0 Å². The van der Waals surface area contributed by atoms with Gasteiger partial charge in [0.2, 0.25) is 0 Å². The second-order valence-electron chi connectivity index (χ2n) is 4.61. The van der Waals surface area contributed by atoms with Crippen LogP contribution in [0.15, 0.2) is 18.3 Å². The van der Waals surface area contributed by atoms with Gasteiger partial charge in [-0.3, -0.25) is 4.79 Å². The molecule has 0 aliphatic carbocycles. The van der Waals surface area contributed by atoms with Crippen LogP contribution < -0.4 is 5.73 Å². The Labute approximate surface area is 106 Å². The second-order valence-corrected chi connectivity index (χ2v) is 4.61. The maximum atomic E-state index is 10.8. The van der Waals surface area contributed by atoms with Gasteiger partial charge < -0.3 is 15.8 Å². The summed E-state index contributed by atoms with van der Waals surface area (Å²) in [4.78, 5) is 14.1. The lowest BCUT2D eigenvalue weighted by atomic mass is 9.98. The molecule has 2 aromatic rings. The van der Waals surface area contributed by atoms with Crippen LogP contribution in [0.5, 0.6) is 0 Å². The van der Waals surface area contributed by atoms with Gasteiger partial charge in [-0.25, -0.2) is 0 Å². The molecular weight excluding hydrogens is 228 g/mol. The fraction of sp³-hybridized carbons (Fsp3) is 0.357. The number of aromatic nitrogens is 1. The average molecular weight is 246 g/mol. The van der Waals surface area contributed by atoms with Crippen molar-refractivity contribution in [2.24, 2.45) is 5.73 Å². The highest BCUT2D eigenvalue weighted by Crippen LogP contribution is 2.26. The van der Waals surface area contributed by atoms with Crippen molar-refractivity contribution in [3.05, 3.63) is 35.0 Å². The summed E-state index contributed by atoms with van der Waals surface area (Å²) >= 11 is 0. The van der Waals surface area contributed by atoms with Gasteiger partial charge in [-0.15, -0.1) is 0 Å². The highest BCUT2D eigenvalue weighted by molar-refractivity contribution is 5.89. The minimum atomic E-state index is -0.963. The van der Waals surface area contributed by atoms with E-state index in [1.54, 1.807) is 0 Å². The van der Waals surface area contributed by atoms with Crippen molar-refractivity contribution in [2.75, 3.05) is 0 Å². The van der Waals surface area contributed by atoms with Crippen LogP contribution in [0.25, 0.3) is 10.9 Å². The van der Waals surface area contributed by atoms with Gasteiger partial charge in [-0.2, -0.15) is 0 Å². The molecule has 0 bridgehead atoms. The number of benzene rings is 1. The quantitative estimate of drug-likeness (QED) is 0.772. The zero-order chi connectivity index (χ0) is 13.3. The number of aryl methyl sites for hydroxylation is 2. The molecule has 0 radical (unpaired) electrons. The molecule has 0 fully saturated rings. The molecule has 18 heavy (non-hydrogen) atoms. The molecule has 96 valence electrons. The van der Waals surface area contributed by atoms with E-state index in [1.165, 1.54) is 5.56 Å². The fourth-order valence-electron chi connectivity index (χ4n) is 2.31. The molecule has 0 aliphatic heterocycles. The van der Waals surface area contributed by atoms with Crippen LogP contribution in [-0.2, 0) is 17.6 Å². The first kappa shape index (κ1) is 12.6. The van der Waals surface area contributed by atoms with Gasteiger partial charge in [0.25, 0.3) is 0 Å². The van der Waals surface area contributed by atoms with Crippen LogP contribution in [0, 0.1) is 6.92 Å². The smallest absolute Gasteiger partial charge is 0.320 e. The van der Waals surface area contributed by atoms with Crippen LogP contribution in [0.4, 0.5) is 0 Å². The Morgan fingerprint density at radius 2 is 2.17 bits per heavy atom. The van der Waals surface area contributed by atoms with E-state index in [9.17, 15) is 4.79 Å². The lowest BCUT2D eigenvalue weighted by molar-refractivity contribution is -0.138. The number of hydrogen-bond donors (Lipinski definition) is 3. The highest BCUT2D eigenvalue weighted by atomic mass is 16.4. The van der Waals surface area contributed by atoms with Gasteiger partial charge in [0.15, 0.2) is 0 Å². The summed E-state index contributed by atoms with van der Waals surface area (Å²) in [6, 6.07) is 3.33. The summed E-state index contributed by atoms with van der Waals surface area (Å²) in [5.74, 6) is -0.963. The summed E-state index contributed by atoms with van der Waals surface area (Å²) in [5, 5.41) is 10.0. The number of H-pyrrole nitrogens is 1. The van der Waals surface area contributed by atoms with E-state index in [2.05, 4.69) is 24.0 Å². The molecule has 0 aliphatic rings. The first-order chi connectivity index (χ1) is 8.54. The normalized spacial score (nSPS) is 12.8. The minimum Gasteiger partial charge on any atom is -0.480 e. The van der Waals surface area contributed by atoms with E-state index < -0.39 is 12.0 Å². The monoisotopic (exact) mass is 246 g/mol. The van der Waals surface area contributed by atoms with Crippen LogP contribution in [0.1, 0.15) is 23.6 Å². The number of nitrogens with one attached hydrogen (secondary N) is 1. The zero-order valence-electron chi connectivity index (χ0n) is 10.7. The largest absolute Gasteiger partial charge is 0.480 e. The SMILES string of the molecule is CCc1ccc(C)c2[nH]cc(C[C@H](N)C(=O)O)c12. The van der Waals surface area contributed by atoms with Gasteiger partial charge in [-0.05, 0) is 30.0 Å². The predicted molar refractivity (Wildman–Crippen MR) is 71.7 cm³/mol. The second kappa shape index (κ2) is 4.82. The van der Waals surface area contributed by atoms with E-state index in [0.29, 0.717) is 6.42 Å². The van der Waals surface area contributed by atoms with E-state index in [1.807, 2.05) is 13.1 Å². The van der Waals surface area contributed by atoms with Crippen LogP contribution in [0.3, 0.4) is 0 Å². The lowest BCUT2D eigenvalue weighted by Gasteiger charge is -2.08. The molecule has 0 amide bonds. The number of fused-ring (bicyclic) bond motifs is 1. The number of carboxylic acids is 1. The third kappa shape index (κ3) is 2.11. The van der Waals surface area contributed by atoms with Gasteiger partial charge in [0.1, 0.15) is 6.04 Å². The van der Waals surface area contributed by atoms with Gasteiger partial charge in [0, 0.05) is 23.5 Å². The summed E-state index contributed by atoms with van der Waals surface area (Å²) in [6.07, 6.45) is 3.15. The van der Waals surface area contributed by atoms with E-state index >= 15 is 0 Å². The maximum absolute atomic E-state index is 10.8. The van der Waals surface area contributed by atoms with Crippen molar-refractivity contribution in [3.63, 3.8) is 0 Å². The Kier molecular flexibility index (Phi) is 3.39. The Bertz CT molecular complexity index is 587. The molecule has 1 aromatic carbocycles. The third-order valence-corrected chi connectivity index (χ3v) is 3.35. The summed E-state index contributed by atoms with van der Waals surface area (Å²) in [6.45, 7) is 4.14. The van der Waals surface area contributed by atoms with E-state index in [0.717, 1.165) is 28.5 Å². The van der Waals surface area contributed by atoms with Crippen LogP contribution in [-0.4, -0.2) is 22.1 Å². The standard InChI is InChI=1S/C14H18N2O2/c1-3-9-5-4-8(2)13-12(9)10(7-16-13)6-11(15)14(17)18/h4-5,7,11,16H,3,6,15H2,1-2H3,(H,17,18)/t11-/m0/s1. The fourth-order valence-corrected chi connectivity index (χ4v) is 2.31. The van der Waals surface area contributed by atoms with Gasteiger partial charge in [-0.1, -0.05) is 19.1 Å². The molecule has 4 nitrogen and oxygen atoms in total. The number of hydrogen-bond acceptors (Lipinski definition) is 2. The molecule has 0 unspecified atom stereocenters. The minimum absolute atomic E-state index is 0.353. The molecule has 1 atom stereocenters. The zero-order valence-corrected chi connectivity index (χ0v) is 10.7. The van der Waals surface area contributed by atoms with E-state index in [4.69, 9.17) is 10.8 Å². The molecule has 1 aromatic heterocycles. The molecule has 0 saturated heterocycles. The first-order valence-corrected chi connectivity index (χ1v) is 6.11. The Balaban J connectivity index is 2.52. The van der Waals surface area contributed by atoms with Crippen LogP contribution in [0.2, 0.25) is 0 Å². The number of nitrogens with two attached hydrogens (primary N) is 1. The molecule has 0 spiro atoms. The first-order valence-electron chi connectivity index (χ1n) is 6.11. The van der Waals surface area contributed by atoms with Crippen molar-refractivity contribution in [1.29, 1.82) is 0 Å². The summed E-state index contributed by atoms with van der Waals surface area (Å²) < 4.78 is 0. The van der Waals surface area contributed by atoms with Crippen molar-refractivity contribution >= 4 is 16.9 Å². The van der Waals surface area contributed by atoms with Crippen LogP contribution >= 0.6 is 0 Å². The lowest BCUT2D eigenvalue weighted by Crippen LogP contribution is -2.32. The Morgan fingerprint density at radius 1 is 1.44 bits per heavy atom. The number of aromatic amines is 1. The topological polar surface area (TPSA) is 79.1 Å². The van der Waals surface area contributed by atoms with Gasteiger partial charge >= 0.3 is 5.97 Å². The van der Waals surface area contributed by atoms with Crippen molar-refractivity contribution in [2.45, 2.75) is 32.7 Å². The predicted octanol–water partition coefficient (Wildman–Crippen LogP) is 1.99. The molecule has 4 N–H and O–H groups in total. The van der Waals surface area contributed by atoms with Gasteiger partial charge in [0.05, 0.1) is 0 Å². The molecule has 1 heterocycles. The summed E-state index contributed by atoms with van der Waals surface area (Å²) in [7, 11) is 0. The molecule has 4 heteroatoms. The van der Waals surface area contributed by atoms with Crippen molar-refractivity contribution in [1.82, 2.24) is 4.98 Å². The number of carbonyl (C=O) groups is 1. The number of carboxylic acid groups (broad SMARTS) is 1. The average Bonchev–Trinajstić information content (AvgIpc) is 2.75. The molecule has 2 rings (SSSR count). The van der Waals surface area contributed by atoms with E-state index in [-0.39, 0.29) is 0 Å². The highest BCUT2D eigenvalue weighted by Gasteiger charge is 2.16. The Hall–Kier alpha value is -1.81. The van der Waals surface area contributed by atoms with Crippen molar-refractivity contribution < 1.29 is 9.90 Å². The Morgan fingerprint density at radius 3 is 2.78 bits per heavy atom. The number of aliphatic carboxylic acids is 1. The number of rotatable bonds is 4. The molecule has 0 saturated carbocycles. The third-order valence-electron chi connectivity index (χ3n) is 3.35. The summed E-state index contributed by atoms with van der Waals surface area (Å²) in [5.41, 5.74) is 10.1. The molecular formula is C14H18N2O2.